The highest BCUT2D eigenvalue weighted by Crippen LogP contribution is 2.29. The molecule has 3 rings (SSSR count). The van der Waals surface area contributed by atoms with Crippen LogP contribution in [-0.2, 0) is 13.0 Å². The van der Waals surface area contributed by atoms with Crippen molar-refractivity contribution in [1.82, 2.24) is 4.31 Å². The van der Waals surface area contributed by atoms with Crippen LogP contribution in [0.3, 0.4) is 0 Å². The Morgan fingerprint density at radius 2 is 1.89 bits per heavy atom. The molecule has 2 aromatic rings. The minimum Gasteiger partial charge on any atom is -0.298 e. The lowest BCUT2D eigenvalue weighted by Crippen LogP contribution is -2.25. The number of carbonyl (C=O) groups excluding carboxylic acids is 1. The van der Waals surface area contributed by atoms with Crippen molar-refractivity contribution in [2.45, 2.75) is 17.9 Å². The van der Waals surface area contributed by atoms with Gasteiger partial charge in [0.25, 0.3) is 0 Å². The van der Waals surface area contributed by atoms with Crippen LogP contribution in [-0.4, -0.2) is 17.1 Å². The number of carbonyl (C=O) groups is 1. The Morgan fingerprint density at radius 3 is 2.68 bits per heavy atom. The summed E-state index contributed by atoms with van der Waals surface area (Å²) in [5, 5.41) is 0. The van der Waals surface area contributed by atoms with E-state index < -0.39 is 0 Å². The standard InChI is InChI=1S/C16H15NOS/c18-12-14-6-4-5-13-11-17(10-9-16(13)14)19-15-7-2-1-3-8-15/h1-8,12H,9-11H2. The van der Waals surface area contributed by atoms with Crippen molar-refractivity contribution in [2.24, 2.45) is 0 Å². The number of fused-ring (bicyclic) bond motifs is 1. The van der Waals surface area contributed by atoms with Crippen LogP contribution < -0.4 is 0 Å². The van der Waals surface area contributed by atoms with Crippen LogP contribution in [0.5, 0.6) is 0 Å². The van der Waals surface area contributed by atoms with Crippen LogP contribution in [0.15, 0.2) is 53.4 Å². The van der Waals surface area contributed by atoms with Crippen molar-refractivity contribution in [1.29, 1.82) is 0 Å². The van der Waals surface area contributed by atoms with Gasteiger partial charge in [-0.3, -0.25) is 4.79 Å². The molecule has 2 aromatic carbocycles. The summed E-state index contributed by atoms with van der Waals surface area (Å²) in [5.74, 6) is 0. The lowest BCUT2D eigenvalue weighted by atomic mass is 9.96. The Kier molecular flexibility index (Phi) is 3.67. The molecule has 3 heteroatoms. The maximum atomic E-state index is 11.0. The third-order valence-corrected chi connectivity index (χ3v) is 4.42. The fourth-order valence-electron chi connectivity index (χ4n) is 2.43. The van der Waals surface area contributed by atoms with Crippen molar-refractivity contribution in [3.8, 4) is 0 Å². The van der Waals surface area contributed by atoms with Crippen LogP contribution in [0.1, 0.15) is 21.5 Å². The number of rotatable bonds is 3. The molecule has 0 unspecified atom stereocenters. The first kappa shape index (κ1) is 12.5. The molecule has 19 heavy (non-hydrogen) atoms. The highest BCUT2D eigenvalue weighted by Gasteiger charge is 2.19. The largest absolute Gasteiger partial charge is 0.298 e. The Bertz CT molecular complexity index is 583. The molecular weight excluding hydrogens is 254 g/mol. The molecule has 0 radical (unpaired) electrons. The monoisotopic (exact) mass is 269 g/mol. The number of hydrogen-bond donors (Lipinski definition) is 0. The van der Waals surface area contributed by atoms with Gasteiger partial charge in [0.1, 0.15) is 6.29 Å². The van der Waals surface area contributed by atoms with Crippen LogP contribution in [0.2, 0.25) is 0 Å². The molecule has 0 amide bonds. The molecule has 2 nitrogen and oxygen atoms in total. The van der Waals surface area contributed by atoms with E-state index in [1.807, 2.05) is 18.2 Å². The van der Waals surface area contributed by atoms with Gasteiger partial charge >= 0.3 is 0 Å². The lowest BCUT2D eigenvalue weighted by Gasteiger charge is -2.28. The van der Waals surface area contributed by atoms with Gasteiger partial charge in [-0.1, -0.05) is 36.4 Å². The Hall–Kier alpha value is -1.58. The van der Waals surface area contributed by atoms with E-state index in [1.165, 1.54) is 16.0 Å². The molecule has 0 bridgehead atoms. The van der Waals surface area contributed by atoms with Gasteiger partial charge in [0.2, 0.25) is 0 Å². The highest BCUT2D eigenvalue weighted by molar-refractivity contribution is 7.97. The van der Waals surface area contributed by atoms with E-state index in [9.17, 15) is 4.79 Å². The quantitative estimate of drug-likeness (QED) is 0.627. The summed E-state index contributed by atoms with van der Waals surface area (Å²) in [5.41, 5.74) is 3.35. The van der Waals surface area contributed by atoms with Crippen molar-refractivity contribution < 1.29 is 4.79 Å². The maximum absolute atomic E-state index is 11.0. The predicted molar refractivity (Wildman–Crippen MR) is 78.2 cm³/mol. The zero-order valence-corrected chi connectivity index (χ0v) is 11.4. The molecule has 96 valence electrons. The Balaban J connectivity index is 1.77. The molecule has 0 aliphatic carbocycles. The van der Waals surface area contributed by atoms with Gasteiger partial charge < -0.3 is 0 Å². The SMILES string of the molecule is O=Cc1cccc2c1CCN(Sc1ccccc1)C2. The van der Waals surface area contributed by atoms with Gasteiger partial charge in [-0.25, -0.2) is 4.31 Å². The number of nitrogens with zero attached hydrogens (tertiary/aromatic N) is 1. The predicted octanol–water partition coefficient (Wildman–Crippen LogP) is 3.56. The molecule has 0 spiro atoms. The smallest absolute Gasteiger partial charge is 0.150 e. The third-order valence-electron chi connectivity index (χ3n) is 3.37. The fraction of sp³-hybridized carbons (Fsp3) is 0.188. The molecule has 0 aromatic heterocycles. The highest BCUT2D eigenvalue weighted by atomic mass is 32.2. The summed E-state index contributed by atoms with van der Waals surface area (Å²) in [4.78, 5) is 12.3. The van der Waals surface area contributed by atoms with Gasteiger partial charge in [-0.15, -0.1) is 0 Å². The van der Waals surface area contributed by atoms with Gasteiger partial charge in [-0.2, -0.15) is 0 Å². The molecule has 0 atom stereocenters. The molecule has 0 saturated carbocycles. The topological polar surface area (TPSA) is 20.3 Å². The van der Waals surface area contributed by atoms with E-state index in [-0.39, 0.29) is 0 Å². The van der Waals surface area contributed by atoms with Crippen LogP contribution in [0.4, 0.5) is 0 Å². The second kappa shape index (κ2) is 5.59. The molecule has 0 saturated heterocycles. The van der Waals surface area contributed by atoms with Crippen LogP contribution in [0, 0.1) is 0 Å². The number of aldehydes is 1. The maximum Gasteiger partial charge on any atom is 0.150 e. The molecule has 1 heterocycles. The molecule has 0 N–H and O–H groups in total. The average Bonchev–Trinajstić information content (AvgIpc) is 2.47. The molecular formula is C16H15NOS. The summed E-state index contributed by atoms with van der Waals surface area (Å²) in [6.07, 6.45) is 1.92. The van der Waals surface area contributed by atoms with Gasteiger partial charge in [-0.05, 0) is 41.6 Å². The normalized spacial score (nSPS) is 14.9. The van der Waals surface area contributed by atoms with Crippen molar-refractivity contribution in [3.05, 3.63) is 65.2 Å². The van der Waals surface area contributed by atoms with E-state index in [4.69, 9.17) is 0 Å². The van der Waals surface area contributed by atoms with Crippen molar-refractivity contribution in [2.75, 3.05) is 6.54 Å². The van der Waals surface area contributed by atoms with E-state index in [1.54, 1.807) is 11.9 Å². The first-order valence-electron chi connectivity index (χ1n) is 6.41. The molecule has 1 aliphatic rings. The first-order chi connectivity index (χ1) is 9.36. The third kappa shape index (κ3) is 2.72. The number of benzene rings is 2. The average molecular weight is 269 g/mol. The zero-order valence-electron chi connectivity index (χ0n) is 10.6. The van der Waals surface area contributed by atoms with Gasteiger partial charge in [0.15, 0.2) is 0 Å². The van der Waals surface area contributed by atoms with E-state index >= 15 is 0 Å². The zero-order chi connectivity index (χ0) is 13.1. The summed E-state index contributed by atoms with van der Waals surface area (Å²) in [6.45, 7) is 1.88. The lowest BCUT2D eigenvalue weighted by molar-refractivity contribution is 0.112. The second-order valence-corrected chi connectivity index (χ2v) is 5.79. The molecule has 1 aliphatic heterocycles. The Labute approximate surface area is 117 Å². The van der Waals surface area contributed by atoms with Gasteiger partial charge in [0.05, 0.1) is 0 Å². The summed E-state index contributed by atoms with van der Waals surface area (Å²) in [7, 11) is 0. The number of hydrogen-bond acceptors (Lipinski definition) is 3. The van der Waals surface area contributed by atoms with Crippen molar-refractivity contribution >= 4 is 18.2 Å². The van der Waals surface area contributed by atoms with E-state index in [2.05, 4.69) is 34.6 Å². The summed E-state index contributed by atoms with van der Waals surface area (Å²) in [6, 6.07) is 16.4. The van der Waals surface area contributed by atoms with E-state index in [0.717, 1.165) is 31.4 Å². The Morgan fingerprint density at radius 1 is 1.05 bits per heavy atom. The van der Waals surface area contributed by atoms with Crippen LogP contribution in [0.25, 0.3) is 0 Å². The van der Waals surface area contributed by atoms with Crippen molar-refractivity contribution in [3.63, 3.8) is 0 Å². The first-order valence-corrected chi connectivity index (χ1v) is 7.18. The molecule has 0 fully saturated rings. The van der Waals surface area contributed by atoms with E-state index in [0.29, 0.717) is 0 Å². The van der Waals surface area contributed by atoms with Crippen LogP contribution >= 0.6 is 11.9 Å². The second-order valence-electron chi connectivity index (χ2n) is 4.62. The fourth-order valence-corrected chi connectivity index (χ4v) is 3.40. The van der Waals surface area contributed by atoms with Gasteiger partial charge in [0, 0.05) is 23.5 Å². The summed E-state index contributed by atoms with van der Waals surface area (Å²) < 4.78 is 2.35. The minimum absolute atomic E-state index is 0.849. The minimum atomic E-state index is 0.849. The summed E-state index contributed by atoms with van der Waals surface area (Å²) >= 11 is 1.79.